The second-order valence-corrected chi connectivity index (χ2v) is 8.77. The zero-order chi connectivity index (χ0) is 20.4. The first-order valence-electron chi connectivity index (χ1n) is 8.38. The summed E-state index contributed by atoms with van der Waals surface area (Å²) in [5.41, 5.74) is 1.45. The average molecular weight is 442 g/mol. The minimum atomic E-state index is -0.489. The number of carbonyl (C=O) groups excluding carboxylic acids is 1. The molecule has 0 saturated heterocycles. The summed E-state index contributed by atoms with van der Waals surface area (Å²) in [6.45, 7) is 0. The van der Waals surface area contributed by atoms with Crippen LogP contribution >= 0.6 is 34.7 Å². The molecule has 0 saturated carbocycles. The summed E-state index contributed by atoms with van der Waals surface area (Å²) >= 11 is 8.75. The summed E-state index contributed by atoms with van der Waals surface area (Å²) in [5.74, 6) is -0.399. The van der Waals surface area contributed by atoms with Crippen LogP contribution in [0.4, 0.5) is 11.4 Å². The summed E-state index contributed by atoms with van der Waals surface area (Å²) in [7, 11) is 0. The van der Waals surface area contributed by atoms with Crippen LogP contribution in [0.2, 0.25) is 5.02 Å². The maximum absolute atomic E-state index is 12.5. The van der Waals surface area contributed by atoms with E-state index in [9.17, 15) is 14.9 Å². The van der Waals surface area contributed by atoms with Crippen LogP contribution in [0.5, 0.6) is 0 Å². The van der Waals surface area contributed by atoms with Crippen LogP contribution in [0.15, 0.2) is 76.0 Å². The zero-order valence-electron chi connectivity index (χ0n) is 14.7. The van der Waals surface area contributed by atoms with E-state index in [1.807, 2.05) is 24.3 Å². The van der Waals surface area contributed by atoms with Crippen molar-refractivity contribution < 1.29 is 9.72 Å². The molecule has 6 nitrogen and oxygen atoms in total. The summed E-state index contributed by atoms with van der Waals surface area (Å²) in [4.78, 5) is 28.5. The van der Waals surface area contributed by atoms with E-state index in [0.29, 0.717) is 21.2 Å². The van der Waals surface area contributed by atoms with Crippen molar-refractivity contribution in [3.63, 3.8) is 0 Å². The number of carbonyl (C=O) groups is 1. The lowest BCUT2D eigenvalue weighted by atomic mass is 10.2. The lowest BCUT2D eigenvalue weighted by Gasteiger charge is -2.07. The Hall–Kier alpha value is -2.94. The van der Waals surface area contributed by atoms with Crippen molar-refractivity contribution in [1.29, 1.82) is 0 Å². The molecular formula is C20H12ClN3O3S2. The third-order valence-corrected chi connectivity index (χ3v) is 6.23. The van der Waals surface area contributed by atoms with E-state index in [1.165, 1.54) is 41.3 Å². The minimum absolute atomic E-state index is 0.113. The second-order valence-electron chi connectivity index (χ2n) is 5.99. The number of thiazole rings is 1. The van der Waals surface area contributed by atoms with Crippen molar-refractivity contribution in [2.45, 2.75) is 9.24 Å². The Balaban J connectivity index is 1.63. The number of hydrogen-bond acceptors (Lipinski definition) is 6. The Kier molecular flexibility index (Phi) is 5.48. The van der Waals surface area contributed by atoms with Gasteiger partial charge in [0.15, 0.2) is 4.34 Å². The Morgan fingerprint density at radius 1 is 1.10 bits per heavy atom. The number of benzene rings is 3. The predicted molar refractivity (Wildman–Crippen MR) is 116 cm³/mol. The number of non-ortho nitro benzene ring substituents is 1. The fraction of sp³-hybridized carbons (Fsp3) is 0. The number of nitro benzene ring substituents is 1. The highest BCUT2D eigenvalue weighted by Gasteiger charge is 2.15. The van der Waals surface area contributed by atoms with Gasteiger partial charge in [0, 0.05) is 33.3 Å². The number of aromatic nitrogens is 1. The van der Waals surface area contributed by atoms with Gasteiger partial charge in [-0.05, 0) is 36.4 Å². The highest BCUT2D eigenvalue weighted by Crippen LogP contribution is 2.37. The van der Waals surface area contributed by atoms with Crippen molar-refractivity contribution in [3.8, 4) is 0 Å². The van der Waals surface area contributed by atoms with Crippen LogP contribution in [0.3, 0.4) is 0 Å². The third kappa shape index (κ3) is 4.56. The smallest absolute Gasteiger partial charge is 0.272 e. The van der Waals surface area contributed by atoms with E-state index in [2.05, 4.69) is 10.3 Å². The molecule has 0 aliphatic rings. The van der Waals surface area contributed by atoms with Crippen molar-refractivity contribution in [1.82, 2.24) is 4.98 Å². The molecule has 4 rings (SSSR count). The number of nitrogens with zero attached hydrogens (tertiary/aromatic N) is 2. The Bertz CT molecular complexity index is 1210. The molecule has 0 aliphatic carbocycles. The van der Waals surface area contributed by atoms with Crippen molar-refractivity contribution in [2.75, 3.05) is 5.32 Å². The van der Waals surface area contributed by atoms with Crippen molar-refractivity contribution >= 4 is 62.2 Å². The number of anilines is 1. The van der Waals surface area contributed by atoms with Gasteiger partial charge >= 0.3 is 0 Å². The number of para-hydroxylation sites is 1. The maximum Gasteiger partial charge on any atom is 0.272 e. The molecule has 0 unspecified atom stereocenters. The molecule has 0 aliphatic heterocycles. The van der Waals surface area contributed by atoms with E-state index in [4.69, 9.17) is 11.6 Å². The van der Waals surface area contributed by atoms with Crippen LogP contribution in [0.25, 0.3) is 10.2 Å². The number of nitrogens with one attached hydrogen (secondary N) is 1. The van der Waals surface area contributed by atoms with Gasteiger partial charge in [-0.15, -0.1) is 11.3 Å². The topological polar surface area (TPSA) is 85.1 Å². The molecule has 29 heavy (non-hydrogen) atoms. The summed E-state index contributed by atoms with van der Waals surface area (Å²) in [6, 6.07) is 18.7. The Labute approximate surface area is 178 Å². The number of amides is 1. The normalized spacial score (nSPS) is 10.8. The molecule has 4 aromatic rings. The highest BCUT2D eigenvalue weighted by molar-refractivity contribution is 8.01. The molecule has 0 spiro atoms. The van der Waals surface area contributed by atoms with Gasteiger partial charge in [0.1, 0.15) is 0 Å². The molecular weight excluding hydrogens is 430 g/mol. The number of hydrogen-bond donors (Lipinski definition) is 1. The van der Waals surface area contributed by atoms with Gasteiger partial charge in [0.25, 0.3) is 11.6 Å². The number of rotatable bonds is 5. The van der Waals surface area contributed by atoms with E-state index in [1.54, 1.807) is 24.3 Å². The maximum atomic E-state index is 12.5. The first-order valence-corrected chi connectivity index (χ1v) is 10.4. The monoisotopic (exact) mass is 441 g/mol. The number of halogens is 1. The van der Waals surface area contributed by atoms with Crippen LogP contribution in [-0.2, 0) is 0 Å². The lowest BCUT2D eigenvalue weighted by molar-refractivity contribution is -0.385. The van der Waals surface area contributed by atoms with Crippen molar-refractivity contribution in [3.05, 3.63) is 87.4 Å². The van der Waals surface area contributed by atoms with E-state index in [-0.39, 0.29) is 5.69 Å². The molecule has 1 aromatic heterocycles. The summed E-state index contributed by atoms with van der Waals surface area (Å²) < 4.78 is 1.80. The largest absolute Gasteiger partial charge is 0.322 e. The molecule has 9 heteroatoms. The molecule has 0 fully saturated rings. The molecule has 3 aromatic carbocycles. The van der Waals surface area contributed by atoms with Crippen LogP contribution in [-0.4, -0.2) is 15.8 Å². The first kappa shape index (κ1) is 19.4. The second kappa shape index (κ2) is 8.20. The van der Waals surface area contributed by atoms with Crippen LogP contribution < -0.4 is 5.32 Å². The predicted octanol–water partition coefficient (Wildman–Crippen LogP) is 6.26. The fourth-order valence-electron chi connectivity index (χ4n) is 2.65. The van der Waals surface area contributed by atoms with Crippen LogP contribution in [0.1, 0.15) is 10.4 Å². The fourth-order valence-corrected chi connectivity index (χ4v) is 4.97. The Morgan fingerprint density at radius 3 is 2.69 bits per heavy atom. The molecule has 0 bridgehead atoms. The van der Waals surface area contributed by atoms with Gasteiger partial charge in [-0.3, -0.25) is 14.9 Å². The van der Waals surface area contributed by atoms with Gasteiger partial charge in [0.05, 0.1) is 15.1 Å². The third-order valence-electron chi connectivity index (χ3n) is 3.93. The zero-order valence-corrected chi connectivity index (χ0v) is 17.1. The van der Waals surface area contributed by atoms with E-state index < -0.39 is 10.8 Å². The number of nitro groups is 1. The lowest BCUT2D eigenvalue weighted by Crippen LogP contribution is -2.12. The SMILES string of the molecule is O=C(Nc1cc(Sc2nc3ccccc3s2)cc([N+](=O)[O-])c1)c1cccc(Cl)c1. The highest BCUT2D eigenvalue weighted by atomic mass is 35.5. The minimum Gasteiger partial charge on any atom is -0.322 e. The van der Waals surface area contributed by atoms with Gasteiger partial charge < -0.3 is 5.32 Å². The molecule has 0 radical (unpaired) electrons. The van der Waals surface area contributed by atoms with Gasteiger partial charge in [-0.2, -0.15) is 0 Å². The van der Waals surface area contributed by atoms with E-state index >= 15 is 0 Å². The Morgan fingerprint density at radius 2 is 1.93 bits per heavy atom. The molecule has 0 atom stereocenters. The van der Waals surface area contributed by atoms with Gasteiger partial charge in [0.2, 0.25) is 0 Å². The molecule has 1 heterocycles. The molecule has 1 N–H and O–H groups in total. The van der Waals surface area contributed by atoms with Crippen LogP contribution in [0, 0.1) is 10.1 Å². The molecule has 144 valence electrons. The summed E-state index contributed by atoms with van der Waals surface area (Å²) in [6.07, 6.45) is 0. The van der Waals surface area contributed by atoms with E-state index in [0.717, 1.165) is 14.6 Å². The van der Waals surface area contributed by atoms with Gasteiger partial charge in [-0.25, -0.2) is 4.98 Å². The van der Waals surface area contributed by atoms with Crippen molar-refractivity contribution in [2.24, 2.45) is 0 Å². The molecule has 1 amide bonds. The average Bonchev–Trinajstić information content (AvgIpc) is 3.10. The quantitative estimate of drug-likeness (QED) is 0.291. The number of fused-ring (bicyclic) bond motifs is 1. The summed E-state index contributed by atoms with van der Waals surface area (Å²) in [5, 5.41) is 14.5. The first-order chi connectivity index (χ1) is 14.0. The standard InChI is InChI=1S/C20H12ClN3O3S2/c21-13-5-3-4-12(8-13)19(25)22-14-9-15(24(26)27)11-16(10-14)28-20-23-17-6-1-2-7-18(17)29-20/h1-11H,(H,22,25). The van der Waals surface area contributed by atoms with Gasteiger partial charge in [-0.1, -0.05) is 41.6 Å².